The van der Waals surface area contributed by atoms with Crippen LogP contribution in [0.25, 0.3) is 0 Å². The van der Waals surface area contributed by atoms with Crippen molar-refractivity contribution < 1.29 is 19.0 Å². The van der Waals surface area contributed by atoms with Crippen molar-refractivity contribution in [2.45, 2.75) is 5.67 Å². The van der Waals surface area contributed by atoms with Gasteiger partial charge in [0.25, 0.3) is 5.67 Å². The Morgan fingerprint density at radius 3 is 3.07 bits per heavy atom. The van der Waals surface area contributed by atoms with Gasteiger partial charge in [-0.15, -0.1) is 0 Å². The normalized spacial score (nSPS) is 23.4. The van der Waals surface area contributed by atoms with Crippen LogP contribution in [0.5, 0.6) is 5.75 Å². The van der Waals surface area contributed by atoms with Crippen molar-refractivity contribution in [2.75, 3.05) is 6.61 Å². The van der Waals surface area contributed by atoms with Gasteiger partial charge in [0.05, 0.1) is 5.56 Å². The van der Waals surface area contributed by atoms with E-state index < -0.39 is 18.2 Å². The maximum Gasteiger partial charge on any atom is 0.350 e. The monoisotopic (exact) mass is 387 g/mol. The van der Waals surface area contributed by atoms with Gasteiger partial charge in [-0.2, -0.15) is 0 Å². The zero-order chi connectivity index (χ0) is 11.2. The van der Waals surface area contributed by atoms with Gasteiger partial charge in [-0.1, -0.05) is 0 Å². The number of carboxylic acids is 1. The summed E-state index contributed by atoms with van der Waals surface area (Å²) in [7, 11) is 0. The first kappa shape index (κ1) is 11.1. The molecule has 1 N–H and O–H groups in total. The van der Waals surface area contributed by atoms with Gasteiger partial charge in [0.1, 0.15) is 14.9 Å². The highest BCUT2D eigenvalue weighted by Crippen LogP contribution is 2.44. The first-order valence-corrected chi connectivity index (χ1v) is 5.74. The van der Waals surface area contributed by atoms with Crippen LogP contribution in [0.1, 0.15) is 5.56 Å². The largest absolute Gasteiger partial charge is 0.486 e. The molecule has 1 unspecified atom stereocenters. The van der Waals surface area contributed by atoms with Gasteiger partial charge in [0.2, 0.25) is 0 Å². The molecule has 0 aromatic carbocycles. The number of hydrogen-bond donors (Lipinski definition) is 1. The average Bonchev–Trinajstić information content (AvgIpc) is 2.46. The third-order valence-electron chi connectivity index (χ3n) is 2.08. The summed E-state index contributed by atoms with van der Waals surface area (Å²) in [6.07, 6.45) is 0. The van der Waals surface area contributed by atoms with Gasteiger partial charge in [0.15, 0.2) is 5.75 Å². The van der Waals surface area contributed by atoms with Crippen LogP contribution in [-0.4, -0.2) is 22.7 Å². The molecule has 0 amide bonds. The van der Waals surface area contributed by atoms with Crippen molar-refractivity contribution in [2.24, 2.45) is 0 Å². The van der Waals surface area contributed by atoms with Crippen LogP contribution in [0.15, 0.2) is 10.7 Å². The Labute approximate surface area is 106 Å². The van der Waals surface area contributed by atoms with Crippen molar-refractivity contribution >= 4 is 44.5 Å². The molecule has 0 radical (unpaired) electrons. The SMILES string of the molecule is O=C(O)C1(F)COc2c1cc(I)nc2Br. The molecule has 1 atom stereocenters. The third-order valence-corrected chi connectivity index (χ3v) is 3.17. The minimum absolute atomic E-state index is 0.0151. The Balaban J connectivity index is 2.65. The lowest BCUT2D eigenvalue weighted by Crippen LogP contribution is -2.32. The maximum atomic E-state index is 14.0. The Hall–Kier alpha value is -0.440. The molecule has 1 aliphatic rings. The van der Waals surface area contributed by atoms with E-state index in [0.717, 1.165) is 0 Å². The molecule has 0 fully saturated rings. The van der Waals surface area contributed by atoms with Crippen molar-refractivity contribution in [1.82, 2.24) is 4.98 Å². The predicted molar refractivity (Wildman–Crippen MR) is 60.6 cm³/mol. The molecule has 15 heavy (non-hydrogen) atoms. The molecule has 0 aliphatic carbocycles. The summed E-state index contributed by atoms with van der Waals surface area (Å²) in [6.45, 7) is -0.516. The van der Waals surface area contributed by atoms with Gasteiger partial charge in [0, 0.05) is 0 Å². The van der Waals surface area contributed by atoms with Gasteiger partial charge in [-0.3, -0.25) is 0 Å². The number of ether oxygens (including phenoxy) is 1. The summed E-state index contributed by atoms with van der Waals surface area (Å²) in [5.74, 6) is -1.38. The van der Waals surface area contributed by atoms with E-state index in [0.29, 0.717) is 8.30 Å². The Morgan fingerprint density at radius 1 is 1.80 bits per heavy atom. The standard InChI is InChI=1S/C8H4BrFINO3/c9-6-5-3(1-4(11)12-6)8(10,2-15-5)7(13)14/h1H,2H2,(H,13,14). The topological polar surface area (TPSA) is 59.4 Å². The zero-order valence-electron chi connectivity index (χ0n) is 7.13. The number of hydrogen-bond acceptors (Lipinski definition) is 3. The highest BCUT2D eigenvalue weighted by Gasteiger charge is 2.49. The average molecular weight is 388 g/mol. The molecule has 80 valence electrons. The number of aliphatic carboxylic acids is 1. The molecule has 0 saturated carbocycles. The molecule has 0 saturated heterocycles. The van der Waals surface area contributed by atoms with Crippen molar-refractivity contribution in [3.63, 3.8) is 0 Å². The molecule has 2 rings (SSSR count). The molecule has 1 aromatic rings. The van der Waals surface area contributed by atoms with E-state index in [1.165, 1.54) is 6.07 Å². The van der Waals surface area contributed by atoms with Crippen LogP contribution in [0.4, 0.5) is 4.39 Å². The van der Waals surface area contributed by atoms with Crippen LogP contribution in [0.2, 0.25) is 0 Å². The second kappa shape index (κ2) is 3.55. The molecular formula is C8H4BrFINO3. The number of carboxylic acid groups (broad SMARTS) is 1. The first-order chi connectivity index (χ1) is 6.95. The van der Waals surface area contributed by atoms with Crippen molar-refractivity contribution in [3.05, 3.63) is 19.9 Å². The second-order valence-corrected chi connectivity index (χ2v) is 4.86. The minimum atomic E-state index is -2.47. The van der Waals surface area contributed by atoms with E-state index in [-0.39, 0.29) is 11.3 Å². The summed E-state index contributed by atoms with van der Waals surface area (Å²) in [5.41, 5.74) is -2.46. The van der Waals surface area contributed by atoms with Gasteiger partial charge in [-0.05, 0) is 44.6 Å². The Morgan fingerprint density at radius 2 is 2.47 bits per heavy atom. The summed E-state index contributed by atoms with van der Waals surface area (Å²) in [5, 5.41) is 8.81. The minimum Gasteiger partial charge on any atom is -0.486 e. The number of rotatable bonds is 1. The quantitative estimate of drug-likeness (QED) is 0.592. The fourth-order valence-electron chi connectivity index (χ4n) is 1.33. The van der Waals surface area contributed by atoms with Gasteiger partial charge >= 0.3 is 5.97 Å². The first-order valence-electron chi connectivity index (χ1n) is 3.87. The molecular weight excluding hydrogens is 384 g/mol. The summed E-state index contributed by atoms with van der Waals surface area (Å²) >= 11 is 4.98. The number of alkyl halides is 1. The van der Waals surface area contributed by atoms with E-state index >= 15 is 0 Å². The Kier molecular flexibility index (Phi) is 2.61. The number of halogens is 3. The van der Waals surface area contributed by atoms with Crippen molar-refractivity contribution in [1.29, 1.82) is 0 Å². The van der Waals surface area contributed by atoms with Crippen LogP contribution >= 0.6 is 38.5 Å². The fraction of sp³-hybridized carbons (Fsp3) is 0.250. The summed E-state index contributed by atoms with van der Waals surface area (Å²) in [6, 6.07) is 1.38. The lowest BCUT2D eigenvalue weighted by Gasteiger charge is -2.11. The lowest BCUT2D eigenvalue weighted by atomic mass is 10.00. The van der Waals surface area contributed by atoms with Crippen LogP contribution in [0.3, 0.4) is 0 Å². The lowest BCUT2D eigenvalue weighted by molar-refractivity contribution is -0.152. The maximum absolute atomic E-state index is 14.0. The molecule has 7 heteroatoms. The van der Waals surface area contributed by atoms with E-state index in [4.69, 9.17) is 9.84 Å². The van der Waals surface area contributed by atoms with Crippen molar-refractivity contribution in [3.8, 4) is 5.75 Å². The van der Waals surface area contributed by atoms with Gasteiger partial charge in [-0.25, -0.2) is 14.2 Å². The highest BCUT2D eigenvalue weighted by molar-refractivity contribution is 14.1. The molecule has 2 heterocycles. The predicted octanol–water partition coefficient (Wildman–Crippen LogP) is 2.09. The highest BCUT2D eigenvalue weighted by atomic mass is 127. The molecule has 4 nitrogen and oxygen atoms in total. The number of pyridine rings is 1. The van der Waals surface area contributed by atoms with Crippen LogP contribution in [-0.2, 0) is 10.5 Å². The second-order valence-electron chi connectivity index (χ2n) is 3.01. The number of aromatic nitrogens is 1. The number of nitrogens with zero attached hydrogens (tertiary/aromatic N) is 1. The molecule has 1 aromatic heterocycles. The summed E-state index contributed by atoms with van der Waals surface area (Å²) in [4.78, 5) is 14.8. The zero-order valence-corrected chi connectivity index (χ0v) is 10.9. The number of fused-ring (bicyclic) bond motifs is 1. The molecule has 1 aliphatic heterocycles. The summed E-state index contributed by atoms with van der Waals surface area (Å²) < 4.78 is 19.8. The van der Waals surface area contributed by atoms with E-state index in [1.807, 2.05) is 22.6 Å². The van der Waals surface area contributed by atoms with E-state index in [1.54, 1.807) is 0 Å². The van der Waals surface area contributed by atoms with Gasteiger partial charge < -0.3 is 9.84 Å². The van der Waals surface area contributed by atoms with Crippen LogP contribution in [0, 0.1) is 3.70 Å². The van der Waals surface area contributed by atoms with E-state index in [2.05, 4.69) is 20.9 Å². The van der Waals surface area contributed by atoms with E-state index in [9.17, 15) is 9.18 Å². The molecule has 0 spiro atoms. The Bertz CT molecular complexity index is 456. The third kappa shape index (κ3) is 1.61. The smallest absolute Gasteiger partial charge is 0.350 e. The fourth-order valence-corrected chi connectivity index (χ4v) is 2.73. The number of carbonyl (C=O) groups is 1. The van der Waals surface area contributed by atoms with Crippen LogP contribution < -0.4 is 4.74 Å². The molecule has 0 bridgehead atoms.